The Labute approximate surface area is 129 Å². The fraction of sp³-hybridized carbons (Fsp3) is 0.667. The summed E-state index contributed by atoms with van der Waals surface area (Å²) in [7, 11) is 3.99. The monoisotopic (exact) mass is 290 g/mol. The van der Waals surface area contributed by atoms with Gasteiger partial charge in [0.1, 0.15) is 5.75 Å². The molecule has 1 N–H and O–H groups in total. The molecule has 3 heteroatoms. The van der Waals surface area contributed by atoms with Gasteiger partial charge >= 0.3 is 0 Å². The Hall–Kier alpha value is -1.06. The largest absolute Gasteiger partial charge is 0.497 e. The first-order chi connectivity index (χ1) is 10.2. The molecule has 1 saturated heterocycles. The van der Waals surface area contributed by atoms with Gasteiger partial charge in [-0.15, -0.1) is 0 Å². The lowest BCUT2D eigenvalue weighted by molar-refractivity contribution is 0.189. The first-order valence-electron chi connectivity index (χ1n) is 8.23. The number of rotatable bonds is 7. The number of aryl methyl sites for hydroxylation is 1. The van der Waals surface area contributed by atoms with Crippen molar-refractivity contribution >= 4 is 0 Å². The Morgan fingerprint density at radius 3 is 2.52 bits per heavy atom. The minimum Gasteiger partial charge on any atom is -0.497 e. The Kier molecular flexibility index (Phi) is 6.52. The van der Waals surface area contributed by atoms with Gasteiger partial charge in [-0.25, -0.2) is 0 Å². The van der Waals surface area contributed by atoms with Gasteiger partial charge in [0.05, 0.1) is 7.11 Å². The molecule has 1 aliphatic rings. The van der Waals surface area contributed by atoms with Gasteiger partial charge < -0.3 is 15.0 Å². The molecule has 0 radical (unpaired) electrons. The summed E-state index contributed by atoms with van der Waals surface area (Å²) in [6.07, 6.45) is 5.01. The standard InChI is InChI=1S/C18H30N2O/c1-15(20(2)14-17-10-12-19-13-11-17)4-5-16-6-8-18(21-3)9-7-16/h6-9,15,17,19H,4-5,10-14H2,1-3H3. The number of benzene rings is 1. The lowest BCUT2D eigenvalue weighted by Gasteiger charge is -2.31. The van der Waals surface area contributed by atoms with E-state index in [4.69, 9.17) is 4.74 Å². The molecule has 2 rings (SSSR count). The number of ether oxygens (including phenoxy) is 1. The molecule has 0 aliphatic carbocycles. The van der Waals surface area contributed by atoms with Crippen molar-refractivity contribution in [2.75, 3.05) is 33.8 Å². The van der Waals surface area contributed by atoms with Crippen molar-refractivity contribution in [2.24, 2.45) is 5.92 Å². The molecule has 0 spiro atoms. The van der Waals surface area contributed by atoms with E-state index in [1.165, 1.54) is 44.5 Å². The highest BCUT2D eigenvalue weighted by Gasteiger charge is 2.17. The van der Waals surface area contributed by atoms with Gasteiger partial charge in [-0.1, -0.05) is 12.1 Å². The molecule has 1 aromatic carbocycles. The van der Waals surface area contributed by atoms with Gasteiger partial charge in [0.15, 0.2) is 0 Å². The maximum absolute atomic E-state index is 5.20. The van der Waals surface area contributed by atoms with E-state index in [0.717, 1.165) is 18.1 Å². The maximum Gasteiger partial charge on any atom is 0.118 e. The van der Waals surface area contributed by atoms with Gasteiger partial charge in [-0.05, 0) is 76.4 Å². The average molecular weight is 290 g/mol. The Morgan fingerprint density at radius 2 is 1.90 bits per heavy atom. The van der Waals surface area contributed by atoms with Gasteiger partial charge in [0.25, 0.3) is 0 Å². The highest BCUT2D eigenvalue weighted by molar-refractivity contribution is 5.27. The van der Waals surface area contributed by atoms with Crippen LogP contribution in [0.25, 0.3) is 0 Å². The smallest absolute Gasteiger partial charge is 0.118 e. The van der Waals surface area contributed by atoms with Crippen molar-refractivity contribution in [3.63, 3.8) is 0 Å². The number of hydrogen-bond donors (Lipinski definition) is 1. The topological polar surface area (TPSA) is 24.5 Å². The highest BCUT2D eigenvalue weighted by atomic mass is 16.5. The third-order valence-corrected chi connectivity index (χ3v) is 4.77. The van der Waals surface area contributed by atoms with E-state index in [9.17, 15) is 0 Å². The highest BCUT2D eigenvalue weighted by Crippen LogP contribution is 2.17. The molecule has 1 aromatic rings. The van der Waals surface area contributed by atoms with Crippen molar-refractivity contribution in [1.82, 2.24) is 10.2 Å². The SMILES string of the molecule is COc1ccc(CCC(C)N(C)CC2CCNCC2)cc1. The molecule has 21 heavy (non-hydrogen) atoms. The lowest BCUT2D eigenvalue weighted by Crippen LogP contribution is -2.38. The number of methoxy groups -OCH3 is 1. The zero-order valence-corrected chi connectivity index (χ0v) is 13.8. The van der Waals surface area contributed by atoms with Gasteiger partial charge in [-0.2, -0.15) is 0 Å². The summed E-state index contributed by atoms with van der Waals surface area (Å²) in [6.45, 7) is 5.98. The molecular weight excluding hydrogens is 260 g/mol. The summed E-state index contributed by atoms with van der Waals surface area (Å²) < 4.78 is 5.20. The van der Waals surface area contributed by atoms with Crippen LogP contribution < -0.4 is 10.1 Å². The van der Waals surface area contributed by atoms with E-state index in [-0.39, 0.29) is 0 Å². The molecule has 1 heterocycles. The Bertz CT molecular complexity index is 398. The zero-order chi connectivity index (χ0) is 15.1. The first kappa shape index (κ1) is 16.3. The van der Waals surface area contributed by atoms with Gasteiger partial charge in [-0.3, -0.25) is 0 Å². The number of hydrogen-bond acceptors (Lipinski definition) is 3. The molecular formula is C18H30N2O. The van der Waals surface area contributed by atoms with Crippen molar-refractivity contribution < 1.29 is 4.74 Å². The van der Waals surface area contributed by atoms with Crippen LogP contribution in [0.3, 0.4) is 0 Å². The Morgan fingerprint density at radius 1 is 1.24 bits per heavy atom. The third kappa shape index (κ3) is 5.33. The second-order valence-electron chi connectivity index (χ2n) is 6.37. The van der Waals surface area contributed by atoms with Crippen LogP contribution in [0, 0.1) is 5.92 Å². The van der Waals surface area contributed by atoms with Crippen LogP contribution in [-0.4, -0.2) is 44.7 Å². The number of nitrogens with zero attached hydrogens (tertiary/aromatic N) is 1. The van der Waals surface area contributed by atoms with E-state index in [2.05, 4.69) is 48.5 Å². The summed E-state index contributed by atoms with van der Waals surface area (Å²) in [5, 5.41) is 3.44. The predicted molar refractivity (Wildman–Crippen MR) is 89.0 cm³/mol. The van der Waals surface area contributed by atoms with E-state index >= 15 is 0 Å². The molecule has 118 valence electrons. The molecule has 1 fully saturated rings. The van der Waals surface area contributed by atoms with E-state index in [0.29, 0.717) is 6.04 Å². The summed E-state index contributed by atoms with van der Waals surface area (Å²) in [5.41, 5.74) is 1.40. The molecule has 1 unspecified atom stereocenters. The zero-order valence-electron chi connectivity index (χ0n) is 13.8. The maximum atomic E-state index is 5.20. The fourth-order valence-electron chi connectivity index (χ4n) is 3.04. The van der Waals surface area contributed by atoms with Crippen LogP contribution in [0.2, 0.25) is 0 Å². The van der Waals surface area contributed by atoms with E-state index < -0.39 is 0 Å². The van der Waals surface area contributed by atoms with Crippen LogP contribution in [0.5, 0.6) is 5.75 Å². The van der Waals surface area contributed by atoms with Crippen LogP contribution in [-0.2, 0) is 6.42 Å². The minimum absolute atomic E-state index is 0.641. The molecule has 1 aliphatic heterocycles. The van der Waals surface area contributed by atoms with Crippen LogP contribution in [0.1, 0.15) is 31.7 Å². The summed E-state index contributed by atoms with van der Waals surface area (Å²) in [5.74, 6) is 1.81. The van der Waals surface area contributed by atoms with Crippen molar-refractivity contribution in [3.8, 4) is 5.75 Å². The number of piperidine rings is 1. The number of nitrogens with one attached hydrogen (secondary N) is 1. The van der Waals surface area contributed by atoms with Crippen molar-refractivity contribution in [1.29, 1.82) is 0 Å². The van der Waals surface area contributed by atoms with Crippen molar-refractivity contribution in [3.05, 3.63) is 29.8 Å². The quantitative estimate of drug-likeness (QED) is 0.835. The average Bonchev–Trinajstić information content (AvgIpc) is 2.54. The second kappa shape index (κ2) is 8.40. The fourth-order valence-corrected chi connectivity index (χ4v) is 3.04. The molecule has 1 atom stereocenters. The predicted octanol–water partition coefficient (Wildman–Crippen LogP) is 2.95. The molecule has 0 saturated carbocycles. The molecule has 0 bridgehead atoms. The Balaban J connectivity index is 1.73. The summed E-state index contributed by atoms with van der Waals surface area (Å²) in [4.78, 5) is 2.54. The second-order valence-corrected chi connectivity index (χ2v) is 6.37. The van der Waals surface area contributed by atoms with Crippen LogP contribution >= 0.6 is 0 Å². The molecule has 3 nitrogen and oxygen atoms in total. The van der Waals surface area contributed by atoms with Gasteiger partial charge in [0.2, 0.25) is 0 Å². The van der Waals surface area contributed by atoms with Crippen LogP contribution in [0.4, 0.5) is 0 Å². The summed E-state index contributed by atoms with van der Waals surface area (Å²) in [6, 6.07) is 9.11. The normalized spacial score (nSPS) is 17.9. The minimum atomic E-state index is 0.641. The molecule has 0 aromatic heterocycles. The van der Waals surface area contributed by atoms with E-state index in [1.807, 2.05) is 0 Å². The summed E-state index contributed by atoms with van der Waals surface area (Å²) >= 11 is 0. The van der Waals surface area contributed by atoms with Crippen LogP contribution in [0.15, 0.2) is 24.3 Å². The lowest BCUT2D eigenvalue weighted by atomic mass is 9.96. The van der Waals surface area contributed by atoms with Crippen molar-refractivity contribution in [2.45, 2.75) is 38.6 Å². The third-order valence-electron chi connectivity index (χ3n) is 4.77. The van der Waals surface area contributed by atoms with Gasteiger partial charge in [0, 0.05) is 12.6 Å². The van der Waals surface area contributed by atoms with E-state index in [1.54, 1.807) is 7.11 Å². The first-order valence-corrected chi connectivity index (χ1v) is 8.23. The molecule has 0 amide bonds.